The first-order valence-corrected chi connectivity index (χ1v) is 18.1. The van der Waals surface area contributed by atoms with Crippen LogP contribution in [0.1, 0.15) is 22.3 Å². The number of hydrogen-bond acceptors (Lipinski definition) is 1. The standard InChI is InChI=1S/C51H33N/c1-2-14-40(15-3-1)52(41-27-24-35(25-28-41)37-23-22-34-12-4-5-13-36(34)30-37)42-29-26-38-32-46-45-18-8-11-21-49(45)51(50(46)33-39(38)31-42)47-19-9-6-16-43(47)44-17-7-10-20-48(44)51/h1-33H. The molecule has 0 amide bonds. The van der Waals surface area contributed by atoms with Gasteiger partial charge >= 0.3 is 0 Å². The van der Waals surface area contributed by atoms with Gasteiger partial charge in [-0.15, -0.1) is 0 Å². The lowest BCUT2D eigenvalue weighted by Gasteiger charge is -2.30. The Bertz CT molecular complexity index is 2800. The molecule has 9 aromatic carbocycles. The molecule has 0 fully saturated rings. The van der Waals surface area contributed by atoms with Crippen LogP contribution >= 0.6 is 0 Å². The molecule has 0 N–H and O–H groups in total. The second-order valence-electron chi connectivity index (χ2n) is 14.1. The second kappa shape index (κ2) is 11.2. The third-order valence-corrected chi connectivity index (χ3v) is 11.4. The molecule has 1 spiro atoms. The van der Waals surface area contributed by atoms with Crippen molar-refractivity contribution in [3.63, 3.8) is 0 Å². The maximum Gasteiger partial charge on any atom is 0.0725 e. The summed E-state index contributed by atoms with van der Waals surface area (Å²) in [6.07, 6.45) is 0. The highest BCUT2D eigenvalue weighted by molar-refractivity contribution is 6.01. The van der Waals surface area contributed by atoms with Crippen molar-refractivity contribution in [2.75, 3.05) is 4.90 Å². The lowest BCUT2D eigenvalue weighted by atomic mass is 9.70. The van der Waals surface area contributed by atoms with Crippen molar-refractivity contribution < 1.29 is 0 Å². The van der Waals surface area contributed by atoms with E-state index in [-0.39, 0.29) is 5.41 Å². The van der Waals surface area contributed by atoms with E-state index >= 15 is 0 Å². The fourth-order valence-electron chi connectivity index (χ4n) is 9.16. The summed E-state index contributed by atoms with van der Waals surface area (Å²) in [7, 11) is 0. The minimum absolute atomic E-state index is 0.360. The fraction of sp³-hybridized carbons (Fsp3) is 0.0196. The van der Waals surface area contributed by atoms with Gasteiger partial charge in [0.1, 0.15) is 0 Å². The van der Waals surface area contributed by atoms with Crippen LogP contribution in [0.5, 0.6) is 0 Å². The number of para-hydroxylation sites is 1. The average Bonchev–Trinajstić information content (AvgIpc) is 3.67. The summed E-state index contributed by atoms with van der Waals surface area (Å²) in [5, 5.41) is 5.00. The number of nitrogens with zero attached hydrogens (tertiary/aromatic N) is 1. The maximum atomic E-state index is 2.49. The number of fused-ring (bicyclic) bond motifs is 12. The molecule has 1 heteroatoms. The summed E-state index contributed by atoms with van der Waals surface area (Å²) in [5.41, 5.74) is 16.2. The van der Waals surface area contributed by atoms with Gasteiger partial charge in [-0.1, -0.05) is 146 Å². The van der Waals surface area contributed by atoms with Gasteiger partial charge in [-0.3, -0.25) is 0 Å². The first-order valence-electron chi connectivity index (χ1n) is 18.1. The predicted molar refractivity (Wildman–Crippen MR) is 218 cm³/mol. The van der Waals surface area contributed by atoms with Gasteiger partial charge in [0, 0.05) is 17.1 Å². The van der Waals surface area contributed by atoms with Crippen molar-refractivity contribution in [1.82, 2.24) is 0 Å². The number of hydrogen-bond donors (Lipinski definition) is 0. The van der Waals surface area contributed by atoms with E-state index in [4.69, 9.17) is 0 Å². The van der Waals surface area contributed by atoms with Crippen molar-refractivity contribution >= 4 is 38.6 Å². The minimum atomic E-state index is -0.360. The van der Waals surface area contributed by atoms with Gasteiger partial charge in [0.25, 0.3) is 0 Å². The van der Waals surface area contributed by atoms with Crippen molar-refractivity contribution in [3.8, 4) is 33.4 Å². The molecule has 0 saturated heterocycles. The van der Waals surface area contributed by atoms with Gasteiger partial charge in [0.2, 0.25) is 0 Å². The molecule has 9 aromatic rings. The molecule has 0 aromatic heterocycles. The van der Waals surface area contributed by atoms with E-state index in [1.807, 2.05) is 0 Å². The summed E-state index contributed by atoms with van der Waals surface area (Å²) in [5.74, 6) is 0. The molecule has 0 saturated carbocycles. The van der Waals surface area contributed by atoms with E-state index in [9.17, 15) is 0 Å². The Morgan fingerprint density at radius 2 is 0.769 bits per heavy atom. The van der Waals surface area contributed by atoms with Crippen LogP contribution < -0.4 is 4.90 Å². The molecule has 0 bridgehead atoms. The Labute approximate surface area is 303 Å². The molecular formula is C51H33N. The van der Waals surface area contributed by atoms with Crippen LogP contribution in [-0.4, -0.2) is 0 Å². The Balaban J connectivity index is 1.08. The Kier molecular flexibility index (Phi) is 6.23. The van der Waals surface area contributed by atoms with Crippen molar-refractivity contribution in [2.45, 2.75) is 5.41 Å². The fourth-order valence-corrected chi connectivity index (χ4v) is 9.16. The Hall–Kier alpha value is -6.70. The SMILES string of the molecule is c1ccc(N(c2ccc(-c3ccc4ccccc4c3)cc2)c2ccc3cc4c(cc3c2)C2(c3ccccc3-c3ccccc32)c2ccccc2-4)cc1. The largest absolute Gasteiger partial charge is 0.310 e. The molecule has 0 atom stereocenters. The quantitative estimate of drug-likeness (QED) is 0.182. The average molecular weight is 660 g/mol. The number of anilines is 3. The Morgan fingerprint density at radius 1 is 0.269 bits per heavy atom. The van der Waals surface area contributed by atoms with Gasteiger partial charge in [-0.2, -0.15) is 0 Å². The van der Waals surface area contributed by atoms with Gasteiger partial charge < -0.3 is 4.90 Å². The summed E-state index contributed by atoms with van der Waals surface area (Å²) in [4.78, 5) is 2.38. The topological polar surface area (TPSA) is 3.24 Å². The van der Waals surface area contributed by atoms with Crippen molar-refractivity contribution in [3.05, 3.63) is 222 Å². The second-order valence-corrected chi connectivity index (χ2v) is 14.1. The zero-order valence-corrected chi connectivity index (χ0v) is 28.5. The van der Waals surface area contributed by atoms with Crippen LogP contribution in [0.15, 0.2) is 200 Å². The van der Waals surface area contributed by atoms with Gasteiger partial charge in [-0.05, 0) is 132 Å². The van der Waals surface area contributed by atoms with Crippen LogP contribution in [0.3, 0.4) is 0 Å². The zero-order chi connectivity index (χ0) is 34.2. The van der Waals surface area contributed by atoms with Crippen molar-refractivity contribution in [1.29, 1.82) is 0 Å². The van der Waals surface area contributed by atoms with Crippen molar-refractivity contribution in [2.24, 2.45) is 0 Å². The maximum absolute atomic E-state index is 2.49. The predicted octanol–water partition coefficient (Wildman–Crippen LogP) is 13.5. The first-order chi connectivity index (χ1) is 25.8. The summed E-state index contributed by atoms with van der Waals surface area (Å²) in [6, 6.07) is 74.0. The monoisotopic (exact) mass is 659 g/mol. The van der Waals surface area contributed by atoms with Gasteiger partial charge in [0.15, 0.2) is 0 Å². The lowest BCUT2D eigenvalue weighted by Crippen LogP contribution is -2.25. The molecule has 0 aliphatic heterocycles. The van der Waals surface area contributed by atoms with E-state index in [1.54, 1.807) is 0 Å². The lowest BCUT2D eigenvalue weighted by molar-refractivity contribution is 0.795. The minimum Gasteiger partial charge on any atom is -0.310 e. The van der Waals surface area contributed by atoms with E-state index in [0.717, 1.165) is 17.1 Å². The number of rotatable bonds is 4. The highest BCUT2D eigenvalue weighted by Gasteiger charge is 2.51. The van der Waals surface area contributed by atoms with Crippen LogP contribution in [0.2, 0.25) is 0 Å². The molecule has 0 unspecified atom stereocenters. The van der Waals surface area contributed by atoms with Gasteiger partial charge in [0.05, 0.1) is 5.41 Å². The Morgan fingerprint density at radius 3 is 1.46 bits per heavy atom. The van der Waals surface area contributed by atoms with E-state index < -0.39 is 0 Å². The summed E-state index contributed by atoms with van der Waals surface area (Å²) < 4.78 is 0. The van der Waals surface area contributed by atoms with E-state index in [0.29, 0.717) is 0 Å². The summed E-state index contributed by atoms with van der Waals surface area (Å²) >= 11 is 0. The first kappa shape index (κ1) is 29.1. The third kappa shape index (κ3) is 4.11. The zero-order valence-electron chi connectivity index (χ0n) is 28.5. The molecule has 1 nitrogen and oxygen atoms in total. The van der Waals surface area contributed by atoms with E-state index in [1.165, 1.54) is 77.2 Å². The van der Waals surface area contributed by atoms with Gasteiger partial charge in [-0.25, -0.2) is 0 Å². The highest BCUT2D eigenvalue weighted by Crippen LogP contribution is 2.63. The molecule has 52 heavy (non-hydrogen) atoms. The summed E-state index contributed by atoms with van der Waals surface area (Å²) in [6.45, 7) is 0. The molecule has 11 rings (SSSR count). The molecule has 0 heterocycles. The third-order valence-electron chi connectivity index (χ3n) is 11.4. The molecule has 2 aliphatic rings. The molecule has 2 aliphatic carbocycles. The smallest absolute Gasteiger partial charge is 0.0725 e. The van der Waals surface area contributed by atoms with Crippen LogP contribution in [-0.2, 0) is 5.41 Å². The normalized spacial score (nSPS) is 13.2. The van der Waals surface area contributed by atoms with Crippen LogP contribution in [0.25, 0.3) is 54.9 Å². The van der Waals surface area contributed by atoms with E-state index in [2.05, 4.69) is 205 Å². The highest BCUT2D eigenvalue weighted by atomic mass is 15.1. The number of benzene rings is 9. The van der Waals surface area contributed by atoms with Crippen LogP contribution in [0, 0.1) is 0 Å². The molecule has 242 valence electrons. The molecular weight excluding hydrogens is 627 g/mol. The van der Waals surface area contributed by atoms with Crippen LogP contribution in [0.4, 0.5) is 17.1 Å². The molecule has 0 radical (unpaired) electrons.